The highest BCUT2D eigenvalue weighted by molar-refractivity contribution is 8.93. The molecule has 0 aromatic rings. The van der Waals surface area contributed by atoms with Crippen LogP contribution in [0.25, 0.3) is 0 Å². The van der Waals surface area contributed by atoms with Gasteiger partial charge < -0.3 is 0 Å². The van der Waals surface area contributed by atoms with E-state index in [2.05, 4.69) is 0 Å². The Morgan fingerprint density at radius 3 is 0.429 bits per heavy atom. The van der Waals surface area contributed by atoms with E-state index in [-0.39, 0.29) is 96.6 Å². The Morgan fingerprint density at radius 1 is 0.429 bits per heavy atom. The lowest BCUT2D eigenvalue weighted by Crippen LogP contribution is -0.381. The molecule has 0 spiro atoms. The zero-order valence-corrected chi connectivity index (χ0v) is 10.6. The monoisotopic (exact) mass is 359 g/mol. The standard InChI is InChI=1S/B.3BrH.3ClH/h;6*1H. The van der Waals surface area contributed by atoms with Gasteiger partial charge in [0.2, 0.25) is 0 Å². The van der Waals surface area contributed by atoms with Gasteiger partial charge in [-0.25, -0.2) is 0 Å². The Labute approximate surface area is 95.7 Å². The van der Waals surface area contributed by atoms with Crippen LogP contribution in [-0.2, 0) is 0 Å². The SMILES string of the molecule is Br.Br.Br.Cl.Cl.Cl.[B]. The van der Waals surface area contributed by atoms with Crippen LogP contribution >= 0.6 is 88.2 Å². The smallest absolute Gasteiger partial charge is 0 e. The van der Waals surface area contributed by atoms with E-state index in [4.69, 9.17) is 0 Å². The second-order valence-electron chi connectivity index (χ2n) is 0. The minimum absolute atomic E-state index is 0. The van der Waals surface area contributed by atoms with E-state index in [1.165, 1.54) is 0 Å². The van der Waals surface area contributed by atoms with Crippen LogP contribution in [0.4, 0.5) is 0 Å². The fraction of sp³-hybridized carbons (Fsp3) is 0. The molecule has 0 aliphatic rings. The zero-order valence-electron chi connectivity index (χ0n) is 3.03. The summed E-state index contributed by atoms with van der Waals surface area (Å²) in [7, 11) is 0. The van der Waals surface area contributed by atoms with Crippen LogP contribution in [0.15, 0.2) is 0 Å². The minimum Gasteiger partial charge on any atom is -0.147 e. The van der Waals surface area contributed by atoms with Gasteiger partial charge in [-0.3, -0.25) is 0 Å². The maximum absolute atomic E-state index is 0. The summed E-state index contributed by atoms with van der Waals surface area (Å²) < 4.78 is 0. The lowest BCUT2D eigenvalue weighted by atomic mass is 10.8. The van der Waals surface area contributed by atoms with Gasteiger partial charge in [0.15, 0.2) is 0 Å². The molecule has 3 radical (unpaired) electrons. The lowest BCUT2D eigenvalue weighted by Gasteiger charge is -0.148. The summed E-state index contributed by atoms with van der Waals surface area (Å²) in [5, 5.41) is 0. The van der Waals surface area contributed by atoms with Gasteiger partial charge in [0, 0.05) is 8.41 Å². The van der Waals surface area contributed by atoms with Crippen molar-refractivity contribution in [2.24, 2.45) is 0 Å². The van der Waals surface area contributed by atoms with Gasteiger partial charge in [0.05, 0.1) is 0 Å². The van der Waals surface area contributed by atoms with Crippen molar-refractivity contribution in [3.05, 3.63) is 0 Å². The Bertz CT molecular complexity index is 10.1. The molecule has 0 bridgehead atoms. The van der Waals surface area contributed by atoms with Gasteiger partial charge in [0.1, 0.15) is 0 Å². The molecule has 7 heavy (non-hydrogen) atoms. The molecule has 0 fully saturated rings. The highest BCUT2D eigenvalue weighted by Gasteiger charge is 0.0000488. The molecular formula is H6BBr3Cl3. The fourth-order valence-electron chi connectivity index (χ4n) is 0. The summed E-state index contributed by atoms with van der Waals surface area (Å²) in [6.45, 7) is 0. The lowest BCUT2D eigenvalue weighted by molar-refractivity contribution is 5.75. The molecular weight excluding hydrogens is 357 g/mol. The fourth-order valence-corrected chi connectivity index (χ4v) is 0. The van der Waals surface area contributed by atoms with Gasteiger partial charge in [-0.1, -0.05) is 0 Å². The first-order valence-corrected chi connectivity index (χ1v) is 0. The first-order valence-electron chi connectivity index (χ1n) is 0. The molecule has 7 heteroatoms. The molecule has 0 N–H and O–H groups in total. The molecule has 0 saturated heterocycles. The summed E-state index contributed by atoms with van der Waals surface area (Å²) in [6.07, 6.45) is 0. The zero-order chi connectivity index (χ0) is 0. The summed E-state index contributed by atoms with van der Waals surface area (Å²) in [5.74, 6) is 0. The van der Waals surface area contributed by atoms with Gasteiger partial charge in [-0.2, -0.15) is 0 Å². The predicted molar refractivity (Wildman–Crippen MR) is 58.5 cm³/mol. The summed E-state index contributed by atoms with van der Waals surface area (Å²) in [5.41, 5.74) is 0. The molecule has 0 aromatic carbocycles. The number of halogens is 6. The van der Waals surface area contributed by atoms with Gasteiger partial charge in [-0.15, -0.1) is 88.2 Å². The van der Waals surface area contributed by atoms with E-state index in [1.807, 2.05) is 0 Å². The van der Waals surface area contributed by atoms with E-state index in [0.717, 1.165) is 0 Å². The van der Waals surface area contributed by atoms with Crippen molar-refractivity contribution >= 4 is 96.6 Å². The highest BCUT2D eigenvalue weighted by atomic mass is 79.9. The molecule has 0 heterocycles. The number of hydrogen-bond acceptors (Lipinski definition) is 0. The van der Waals surface area contributed by atoms with Crippen molar-refractivity contribution < 1.29 is 0 Å². The predicted octanol–water partition coefficient (Wildman–Crippen LogP) is 2.62. The van der Waals surface area contributed by atoms with E-state index < -0.39 is 0 Å². The van der Waals surface area contributed by atoms with E-state index >= 15 is 0 Å². The van der Waals surface area contributed by atoms with E-state index in [1.54, 1.807) is 0 Å². The van der Waals surface area contributed by atoms with Crippen molar-refractivity contribution in [2.75, 3.05) is 0 Å². The Morgan fingerprint density at radius 2 is 0.429 bits per heavy atom. The quantitative estimate of drug-likeness (QED) is 0.581. The molecule has 0 saturated carbocycles. The highest BCUT2D eigenvalue weighted by Crippen LogP contribution is 0.848. The average molecular weight is 363 g/mol. The van der Waals surface area contributed by atoms with Gasteiger partial charge >= 0.3 is 0 Å². The topological polar surface area (TPSA) is 0 Å². The number of rotatable bonds is 0. The second-order valence-corrected chi connectivity index (χ2v) is 0. The first-order chi connectivity index (χ1) is 0. The largest absolute Gasteiger partial charge is 0.147 e. The molecule has 0 rings (SSSR count). The van der Waals surface area contributed by atoms with Crippen molar-refractivity contribution in [3.8, 4) is 0 Å². The second kappa shape index (κ2) is 80.8. The van der Waals surface area contributed by atoms with Crippen molar-refractivity contribution in [1.82, 2.24) is 0 Å². The molecule has 51 valence electrons. The summed E-state index contributed by atoms with van der Waals surface area (Å²) in [6, 6.07) is 0. The van der Waals surface area contributed by atoms with Crippen LogP contribution in [0.2, 0.25) is 0 Å². The van der Waals surface area contributed by atoms with E-state index in [0.29, 0.717) is 0 Å². The van der Waals surface area contributed by atoms with Crippen LogP contribution < -0.4 is 0 Å². The molecule has 0 aliphatic heterocycles. The van der Waals surface area contributed by atoms with Gasteiger partial charge in [0.25, 0.3) is 0 Å². The van der Waals surface area contributed by atoms with Crippen molar-refractivity contribution in [3.63, 3.8) is 0 Å². The third-order valence-corrected chi connectivity index (χ3v) is 0. The molecule has 0 nitrogen and oxygen atoms in total. The van der Waals surface area contributed by atoms with Crippen LogP contribution in [0.5, 0.6) is 0 Å². The van der Waals surface area contributed by atoms with Crippen LogP contribution in [0, 0.1) is 0 Å². The Balaban J connectivity index is 0. The van der Waals surface area contributed by atoms with Crippen molar-refractivity contribution in [2.45, 2.75) is 0 Å². The van der Waals surface area contributed by atoms with Crippen LogP contribution in [-0.4, -0.2) is 8.41 Å². The summed E-state index contributed by atoms with van der Waals surface area (Å²) in [4.78, 5) is 0. The molecule has 0 atom stereocenters. The van der Waals surface area contributed by atoms with Crippen LogP contribution in [0.1, 0.15) is 0 Å². The normalized spacial score (nSPS) is 0. The Hall–Kier alpha value is 2.37. The Kier molecular flexibility index (Phi) is 1350. The molecule has 0 aliphatic carbocycles. The minimum atomic E-state index is 0. The summed E-state index contributed by atoms with van der Waals surface area (Å²) >= 11 is 0. The maximum atomic E-state index is 0. The van der Waals surface area contributed by atoms with Crippen molar-refractivity contribution in [1.29, 1.82) is 0 Å². The van der Waals surface area contributed by atoms with Crippen LogP contribution in [0.3, 0.4) is 0 Å². The van der Waals surface area contributed by atoms with Gasteiger partial charge in [-0.05, 0) is 0 Å². The number of hydrogen-bond donors (Lipinski definition) is 0. The van der Waals surface area contributed by atoms with E-state index in [9.17, 15) is 0 Å². The third-order valence-electron chi connectivity index (χ3n) is 0. The molecule has 0 unspecified atom stereocenters. The third kappa shape index (κ3) is 60.3. The molecule has 0 amide bonds. The first kappa shape index (κ1) is 117. The average Bonchev–Trinajstić information content (AvgIpc) is 0. The maximum Gasteiger partial charge on any atom is 0 e. The molecule has 0 aromatic heterocycles.